The van der Waals surface area contributed by atoms with Gasteiger partial charge in [0.25, 0.3) is 0 Å². The quantitative estimate of drug-likeness (QED) is 0.892. The molecule has 0 saturated heterocycles. The van der Waals surface area contributed by atoms with E-state index in [0.717, 1.165) is 32.8 Å². The molecule has 0 saturated carbocycles. The molecule has 1 aliphatic heterocycles. The van der Waals surface area contributed by atoms with Crippen molar-refractivity contribution in [1.29, 1.82) is 0 Å². The minimum atomic E-state index is 0.0461. The lowest BCUT2D eigenvalue weighted by Gasteiger charge is -2.08. The lowest BCUT2D eigenvalue weighted by Crippen LogP contribution is -2.03. The zero-order valence-electron chi connectivity index (χ0n) is 10.3. The topological polar surface area (TPSA) is 54.0 Å². The molecule has 2 aromatic rings. The Morgan fingerprint density at radius 3 is 3.00 bits per heavy atom. The highest BCUT2D eigenvalue weighted by Gasteiger charge is 2.17. The van der Waals surface area contributed by atoms with Gasteiger partial charge in [-0.1, -0.05) is 0 Å². The highest BCUT2D eigenvalue weighted by Crippen LogP contribution is 2.27. The second kappa shape index (κ2) is 4.66. The summed E-state index contributed by atoms with van der Waals surface area (Å²) in [5.41, 5.74) is 3.97. The summed E-state index contributed by atoms with van der Waals surface area (Å²) in [6.07, 6.45) is 2.22. The number of aryl methyl sites for hydroxylation is 1. The number of amides is 1. The molecule has 4 nitrogen and oxygen atoms in total. The van der Waals surface area contributed by atoms with Crippen LogP contribution in [0.5, 0.6) is 0 Å². The molecule has 1 amide bonds. The minimum absolute atomic E-state index is 0.0461. The Hall–Kier alpha value is -1.88. The number of aromatic nitrogens is 1. The van der Waals surface area contributed by atoms with Gasteiger partial charge >= 0.3 is 0 Å². The average molecular weight is 318 g/mol. The van der Waals surface area contributed by atoms with Gasteiger partial charge in [-0.05, 0) is 58.2 Å². The molecule has 1 aromatic carbocycles. The molecule has 5 heteroatoms. The van der Waals surface area contributed by atoms with Crippen LogP contribution in [0.1, 0.15) is 11.1 Å². The summed E-state index contributed by atoms with van der Waals surface area (Å²) in [4.78, 5) is 15.6. The van der Waals surface area contributed by atoms with Crippen LogP contribution < -0.4 is 10.6 Å². The van der Waals surface area contributed by atoms with Gasteiger partial charge < -0.3 is 10.6 Å². The molecule has 2 N–H and O–H groups in total. The van der Waals surface area contributed by atoms with E-state index < -0.39 is 0 Å². The maximum atomic E-state index is 11.3. The first kappa shape index (κ1) is 12.2. The van der Waals surface area contributed by atoms with Crippen molar-refractivity contribution in [2.24, 2.45) is 0 Å². The van der Waals surface area contributed by atoms with E-state index in [1.54, 1.807) is 6.20 Å². The first-order valence-electron chi connectivity index (χ1n) is 5.94. The molecule has 19 heavy (non-hydrogen) atoms. The third-order valence-electron chi connectivity index (χ3n) is 3.05. The number of pyridine rings is 1. The molecule has 0 radical (unpaired) electrons. The zero-order valence-corrected chi connectivity index (χ0v) is 11.9. The molecule has 0 fully saturated rings. The normalized spacial score (nSPS) is 13.1. The summed E-state index contributed by atoms with van der Waals surface area (Å²) in [5.74, 6) is 0.836. The Morgan fingerprint density at radius 1 is 1.37 bits per heavy atom. The van der Waals surface area contributed by atoms with Gasteiger partial charge in [0.15, 0.2) is 0 Å². The molecular formula is C14H12BrN3O. The number of carbonyl (C=O) groups excluding carboxylic acids is 1. The number of hydrogen-bond donors (Lipinski definition) is 2. The Balaban J connectivity index is 1.86. The molecule has 0 bridgehead atoms. The zero-order chi connectivity index (χ0) is 13.4. The van der Waals surface area contributed by atoms with Crippen LogP contribution in [0.3, 0.4) is 0 Å². The van der Waals surface area contributed by atoms with Crippen LogP contribution in [0.25, 0.3) is 0 Å². The Morgan fingerprint density at radius 2 is 2.21 bits per heavy atom. The molecule has 1 aromatic heterocycles. The van der Waals surface area contributed by atoms with Gasteiger partial charge in [-0.2, -0.15) is 0 Å². The van der Waals surface area contributed by atoms with Gasteiger partial charge in [0.2, 0.25) is 5.91 Å². The van der Waals surface area contributed by atoms with Crippen molar-refractivity contribution in [1.82, 2.24) is 4.98 Å². The van der Waals surface area contributed by atoms with E-state index >= 15 is 0 Å². The number of nitrogens with one attached hydrogen (secondary N) is 2. The van der Waals surface area contributed by atoms with Gasteiger partial charge in [-0.25, -0.2) is 4.98 Å². The van der Waals surface area contributed by atoms with Crippen LogP contribution >= 0.6 is 15.9 Å². The predicted octanol–water partition coefficient (Wildman–Crippen LogP) is 3.39. The van der Waals surface area contributed by atoms with Crippen LogP contribution in [-0.2, 0) is 11.2 Å². The number of hydrogen-bond acceptors (Lipinski definition) is 3. The molecule has 96 valence electrons. The first-order valence-corrected chi connectivity index (χ1v) is 6.73. The second-order valence-electron chi connectivity index (χ2n) is 4.54. The Labute approximate surface area is 119 Å². The highest BCUT2D eigenvalue weighted by atomic mass is 79.9. The van der Waals surface area contributed by atoms with Crippen LogP contribution in [0.4, 0.5) is 17.2 Å². The number of fused-ring (bicyclic) bond motifs is 1. The van der Waals surface area contributed by atoms with Crippen molar-refractivity contribution < 1.29 is 4.79 Å². The molecule has 0 aliphatic carbocycles. The molecule has 0 atom stereocenters. The second-order valence-corrected chi connectivity index (χ2v) is 5.39. The molecule has 0 spiro atoms. The smallest absolute Gasteiger partial charge is 0.228 e. The summed E-state index contributed by atoms with van der Waals surface area (Å²) in [6, 6.07) is 7.80. The largest absolute Gasteiger partial charge is 0.340 e. The van der Waals surface area contributed by atoms with E-state index in [9.17, 15) is 4.79 Å². The van der Waals surface area contributed by atoms with E-state index in [1.165, 1.54) is 0 Å². The van der Waals surface area contributed by atoms with Crippen molar-refractivity contribution in [2.75, 3.05) is 10.6 Å². The Bertz CT molecular complexity index is 670. The molecular weight excluding hydrogens is 306 g/mol. The minimum Gasteiger partial charge on any atom is -0.340 e. The van der Waals surface area contributed by atoms with Crippen molar-refractivity contribution in [3.8, 4) is 0 Å². The predicted molar refractivity (Wildman–Crippen MR) is 78.7 cm³/mol. The van der Waals surface area contributed by atoms with Crippen molar-refractivity contribution in [3.05, 3.63) is 46.1 Å². The number of halogens is 1. The third-order valence-corrected chi connectivity index (χ3v) is 3.88. The molecule has 1 aliphatic rings. The first-order chi connectivity index (χ1) is 9.11. The third kappa shape index (κ3) is 2.46. The fourth-order valence-corrected chi connectivity index (χ4v) is 2.28. The molecule has 3 rings (SSSR count). The SMILES string of the molecule is Cc1cc(Nc2ccc3c(c2)CC(=O)N3)ncc1Br. The van der Waals surface area contributed by atoms with Crippen LogP contribution in [0, 0.1) is 6.92 Å². The maximum absolute atomic E-state index is 11.3. The molecule has 2 heterocycles. The van der Waals surface area contributed by atoms with Crippen LogP contribution in [-0.4, -0.2) is 10.9 Å². The van der Waals surface area contributed by atoms with Crippen LogP contribution in [0.15, 0.2) is 34.9 Å². The number of carbonyl (C=O) groups is 1. The Kier molecular flexibility index (Phi) is 2.98. The maximum Gasteiger partial charge on any atom is 0.228 e. The van der Waals surface area contributed by atoms with Gasteiger partial charge in [0, 0.05) is 22.0 Å². The van der Waals surface area contributed by atoms with Gasteiger partial charge in [0.1, 0.15) is 5.82 Å². The fourth-order valence-electron chi connectivity index (χ4n) is 2.06. The summed E-state index contributed by atoms with van der Waals surface area (Å²) >= 11 is 3.43. The van der Waals surface area contributed by atoms with E-state index in [4.69, 9.17) is 0 Å². The monoisotopic (exact) mass is 317 g/mol. The van der Waals surface area contributed by atoms with Crippen molar-refractivity contribution >= 4 is 39.0 Å². The van der Waals surface area contributed by atoms with Crippen molar-refractivity contribution in [2.45, 2.75) is 13.3 Å². The van der Waals surface area contributed by atoms with E-state index in [0.29, 0.717) is 6.42 Å². The summed E-state index contributed by atoms with van der Waals surface area (Å²) in [6.45, 7) is 2.02. The fraction of sp³-hybridized carbons (Fsp3) is 0.143. The highest BCUT2D eigenvalue weighted by molar-refractivity contribution is 9.10. The van der Waals surface area contributed by atoms with Gasteiger partial charge in [0.05, 0.1) is 6.42 Å². The average Bonchev–Trinajstić information content (AvgIpc) is 2.73. The number of nitrogens with zero attached hydrogens (tertiary/aromatic N) is 1. The van der Waals surface area contributed by atoms with Gasteiger partial charge in [-0.3, -0.25) is 4.79 Å². The summed E-state index contributed by atoms with van der Waals surface area (Å²) < 4.78 is 0.988. The number of rotatable bonds is 2. The number of anilines is 3. The number of benzene rings is 1. The van der Waals surface area contributed by atoms with Crippen LogP contribution in [0.2, 0.25) is 0 Å². The van der Waals surface area contributed by atoms with Gasteiger partial charge in [-0.15, -0.1) is 0 Å². The summed E-state index contributed by atoms with van der Waals surface area (Å²) in [5, 5.41) is 6.06. The van der Waals surface area contributed by atoms with E-state index in [2.05, 4.69) is 31.5 Å². The van der Waals surface area contributed by atoms with E-state index in [-0.39, 0.29) is 5.91 Å². The molecule has 0 unspecified atom stereocenters. The lowest BCUT2D eigenvalue weighted by atomic mass is 10.1. The van der Waals surface area contributed by atoms with E-state index in [1.807, 2.05) is 31.2 Å². The lowest BCUT2D eigenvalue weighted by molar-refractivity contribution is -0.115. The summed E-state index contributed by atoms with van der Waals surface area (Å²) in [7, 11) is 0. The van der Waals surface area contributed by atoms with Crippen molar-refractivity contribution in [3.63, 3.8) is 0 Å². The standard InChI is InChI=1S/C14H12BrN3O/c1-8-4-13(16-7-11(8)15)17-10-2-3-12-9(5-10)6-14(19)18-12/h2-5,7H,6H2,1H3,(H,16,17)(H,18,19).